The van der Waals surface area contributed by atoms with Crippen LogP contribution in [0.15, 0.2) is 218 Å². The van der Waals surface area contributed by atoms with E-state index in [2.05, 4.69) is 265 Å². The van der Waals surface area contributed by atoms with Crippen LogP contribution in [-0.2, 0) is 5.41 Å². The number of rotatable bonds is 10. The summed E-state index contributed by atoms with van der Waals surface area (Å²) >= 11 is 2.52. The molecule has 0 radical (unpaired) electrons. The first-order valence-corrected chi connectivity index (χ1v) is 22.7. The summed E-state index contributed by atoms with van der Waals surface area (Å²) in [5.41, 5.74) is 17.5. The molecule has 1 aliphatic carbocycles. The number of aromatic nitrogens is 1. The Morgan fingerprint density at radius 3 is 1.52 bits per heavy atom. The molecule has 0 bridgehead atoms. The van der Waals surface area contributed by atoms with Crippen LogP contribution in [0.1, 0.15) is 26.0 Å². The maximum absolute atomic E-state index is 3.66. The van der Waals surface area contributed by atoms with Crippen molar-refractivity contribution < 1.29 is 0 Å². The van der Waals surface area contributed by atoms with Crippen molar-refractivity contribution in [3.63, 3.8) is 0 Å². The third-order valence-corrected chi connectivity index (χ3v) is 13.2. The van der Waals surface area contributed by atoms with Crippen LogP contribution >= 0.6 is 22.6 Å². The van der Waals surface area contributed by atoms with Crippen molar-refractivity contribution in [3.8, 4) is 72.6 Å². The second kappa shape index (κ2) is 17.0. The number of nitrogens with one attached hydrogen (secondary N) is 1. The molecule has 1 heterocycles. The number of benzene rings is 8. The largest absolute Gasteiger partial charge is 0.385 e. The number of fused-ring (bicyclic) bond motifs is 1. The lowest BCUT2D eigenvalue weighted by Crippen LogP contribution is -2.24. The SMILES string of the molecule is CCNc1ccccc1-c1cc(-n2c(-c3ccccc3)c3c(-c4ccccc4)c(-c4ccccc4)c(-c4ccccc4)c(-c4ccccc4)c3c2C2(C)C=CC=CC2)ccc1I. The Morgan fingerprint density at radius 1 is 0.516 bits per heavy atom. The van der Waals surface area contributed by atoms with E-state index in [0.717, 1.165) is 24.3 Å². The molecule has 0 fully saturated rings. The van der Waals surface area contributed by atoms with E-state index in [4.69, 9.17) is 0 Å². The van der Waals surface area contributed by atoms with Crippen LogP contribution in [0.3, 0.4) is 0 Å². The van der Waals surface area contributed by atoms with E-state index in [-0.39, 0.29) is 5.41 Å². The normalized spacial score (nSPS) is 14.6. The minimum atomic E-state index is -0.384. The molecule has 3 heteroatoms. The molecule has 1 unspecified atom stereocenters. The highest BCUT2D eigenvalue weighted by Gasteiger charge is 2.38. The molecule has 0 saturated carbocycles. The number of hydrogen-bond donors (Lipinski definition) is 1. The fourth-order valence-corrected chi connectivity index (χ4v) is 10.3. The fraction of sp³-hybridized carbons (Fsp3) is 0.0847. The van der Waals surface area contributed by atoms with E-state index in [9.17, 15) is 0 Å². The van der Waals surface area contributed by atoms with Crippen LogP contribution in [0.4, 0.5) is 5.69 Å². The average molecular weight is 911 g/mol. The third-order valence-electron chi connectivity index (χ3n) is 12.3. The van der Waals surface area contributed by atoms with Gasteiger partial charge in [0.1, 0.15) is 0 Å². The molecule has 0 spiro atoms. The van der Waals surface area contributed by atoms with Gasteiger partial charge < -0.3 is 9.88 Å². The predicted molar refractivity (Wildman–Crippen MR) is 273 cm³/mol. The highest BCUT2D eigenvalue weighted by molar-refractivity contribution is 14.1. The topological polar surface area (TPSA) is 17.0 Å². The number of para-hydroxylation sites is 1. The summed E-state index contributed by atoms with van der Waals surface area (Å²) in [5, 5.41) is 6.17. The Morgan fingerprint density at radius 2 is 1.00 bits per heavy atom. The van der Waals surface area contributed by atoms with Gasteiger partial charge in [-0.2, -0.15) is 0 Å². The van der Waals surface area contributed by atoms with E-state index in [0.29, 0.717) is 0 Å². The zero-order valence-corrected chi connectivity index (χ0v) is 37.2. The quantitative estimate of drug-likeness (QED) is 0.135. The highest BCUT2D eigenvalue weighted by atomic mass is 127. The summed E-state index contributed by atoms with van der Waals surface area (Å²) in [5.74, 6) is 0. The van der Waals surface area contributed by atoms with Crippen molar-refractivity contribution in [3.05, 3.63) is 228 Å². The van der Waals surface area contributed by atoms with Crippen molar-refractivity contribution in [2.45, 2.75) is 25.7 Å². The van der Waals surface area contributed by atoms with Gasteiger partial charge in [0.15, 0.2) is 0 Å². The van der Waals surface area contributed by atoms with Crippen molar-refractivity contribution in [2.24, 2.45) is 0 Å². The Labute approximate surface area is 379 Å². The third kappa shape index (κ3) is 7.00. The fourth-order valence-electron chi connectivity index (χ4n) is 9.63. The number of allylic oxidation sites excluding steroid dienone is 4. The summed E-state index contributed by atoms with van der Waals surface area (Å²) in [6, 6.07) is 71.3. The van der Waals surface area contributed by atoms with Crippen molar-refractivity contribution in [1.29, 1.82) is 0 Å². The van der Waals surface area contributed by atoms with Gasteiger partial charge in [-0.15, -0.1) is 0 Å². The van der Waals surface area contributed by atoms with E-state index >= 15 is 0 Å². The molecule has 1 aliphatic rings. The summed E-state index contributed by atoms with van der Waals surface area (Å²) in [4.78, 5) is 0. The van der Waals surface area contributed by atoms with Gasteiger partial charge in [-0.05, 0) is 110 Å². The predicted octanol–water partition coefficient (Wildman–Crippen LogP) is 16.4. The molecule has 0 saturated heterocycles. The lowest BCUT2D eigenvalue weighted by atomic mass is 9.74. The minimum absolute atomic E-state index is 0.384. The Balaban J connectivity index is 1.52. The van der Waals surface area contributed by atoms with Gasteiger partial charge in [-0.1, -0.05) is 201 Å². The first-order valence-electron chi connectivity index (χ1n) is 21.6. The van der Waals surface area contributed by atoms with Crippen molar-refractivity contribution in [2.75, 3.05) is 11.9 Å². The molecule has 8 aromatic carbocycles. The molecule has 1 atom stereocenters. The van der Waals surface area contributed by atoms with Crippen molar-refractivity contribution in [1.82, 2.24) is 4.57 Å². The van der Waals surface area contributed by atoms with E-state index < -0.39 is 0 Å². The molecule has 9 aromatic rings. The average Bonchev–Trinajstić information content (AvgIpc) is 3.69. The summed E-state index contributed by atoms with van der Waals surface area (Å²) in [6.07, 6.45) is 10.1. The summed E-state index contributed by atoms with van der Waals surface area (Å²) < 4.78 is 3.84. The van der Waals surface area contributed by atoms with Gasteiger partial charge in [-0.3, -0.25) is 0 Å². The van der Waals surface area contributed by atoms with Crippen LogP contribution in [0.25, 0.3) is 83.4 Å². The molecule has 1 N–H and O–H groups in total. The first-order chi connectivity index (χ1) is 30.6. The molecule has 0 amide bonds. The lowest BCUT2D eigenvalue weighted by Gasteiger charge is -2.31. The van der Waals surface area contributed by atoms with Gasteiger partial charge in [0.05, 0.1) is 5.69 Å². The smallest absolute Gasteiger partial charge is 0.0617 e. The Bertz CT molecular complexity index is 3090. The molecule has 300 valence electrons. The first kappa shape index (κ1) is 39.4. The number of nitrogens with zero attached hydrogens (tertiary/aromatic N) is 1. The molecular formula is C59H47IN2. The van der Waals surface area contributed by atoms with Gasteiger partial charge in [0.2, 0.25) is 0 Å². The zero-order valence-electron chi connectivity index (χ0n) is 35.0. The monoisotopic (exact) mass is 910 g/mol. The molecule has 62 heavy (non-hydrogen) atoms. The van der Waals surface area contributed by atoms with Crippen LogP contribution in [0, 0.1) is 3.57 Å². The van der Waals surface area contributed by atoms with Gasteiger partial charge in [0.25, 0.3) is 0 Å². The summed E-state index contributed by atoms with van der Waals surface area (Å²) in [6.45, 7) is 5.44. The Hall–Kier alpha value is -6.69. The van der Waals surface area contributed by atoms with E-state index in [1.807, 2.05) is 0 Å². The lowest BCUT2D eigenvalue weighted by molar-refractivity contribution is 0.573. The number of anilines is 1. The number of halogens is 1. The maximum atomic E-state index is 3.66. The second-order valence-electron chi connectivity index (χ2n) is 16.3. The molecule has 0 aliphatic heterocycles. The van der Waals surface area contributed by atoms with Gasteiger partial charge in [0, 0.05) is 54.5 Å². The van der Waals surface area contributed by atoms with E-state index in [1.165, 1.54) is 86.9 Å². The molecule has 10 rings (SSSR count). The number of hydrogen-bond acceptors (Lipinski definition) is 1. The second-order valence-corrected chi connectivity index (χ2v) is 17.4. The minimum Gasteiger partial charge on any atom is -0.385 e. The maximum Gasteiger partial charge on any atom is 0.0617 e. The Kier molecular flexibility index (Phi) is 10.8. The zero-order chi connectivity index (χ0) is 42.0. The standard InChI is InChI=1S/C59H47IN2/c1-3-61-50-35-21-20-34-47(50)48-40-46(36-37-49(48)60)62-57(45-32-18-8-19-33-45)55-53(43-28-14-6-15-29-43)51(41-24-10-4-11-25-41)52(42-26-12-5-13-27-42)54(44-30-16-7-17-31-44)56(55)58(62)59(2)38-22-9-23-39-59/h4-38,40,61H,3,39H2,1-2H3. The summed E-state index contributed by atoms with van der Waals surface area (Å²) in [7, 11) is 0. The van der Waals surface area contributed by atoms with Gasteiger partial charge in [-0.25, -0.2) is 0 Å². The van der Waals surface area contributed by atoms with Gasteiger partial charge >= 0.3 is 0 Å². The molecule has 2 nitrogen and oxygen atoms in total. The van der Waals surface area contributed by atoms with Crippen LogP contribution in [-0.4, -0.2) is 11.1 Å². The van der Waals surface area contributed by atoms with Crippen LogP contribution in [0.5, 0.6) is 0 Å². The highest BCUT2D eigenvalue weighted by Crippen LogP contribution is 2.57. The molecule has 1 aromatic heterocycles. The van der Waals surface area contributed by atoms with Crippen LogP contribution in [0.2, 0.25) is 0 Å². The van der Waals surface area contributed by atoms with Crippen molar-refractivity contribution >= 4 is 39.1 Å². The van der Waals surface area contributed by atoms with Crippen LogP contribution < -0.4 is 5.32 Å². The van der Waals surface area contributed by atoms with E-state index in [1.54, 1.807) is 0 Å². The molecular weight excluding hydrogens is 864 g/mol.